The molecule has 0 aliphatic rings. The van der Waals surface area contributed by atoms with Gasteiger partial charge in [-0.25, -0.2) is 4.79 Å². The van der Waals surface area contributed by atoms with Gasteiger partial charge in [0.05, 0.1) is 18.2 Å². The number of hydrogen-bond donors (Lipinski definition) is 0. The third kappa shape index (κ3) is 3.67. The number of carbonyl (C=O) groups excluding carboxylic acids is 1. The van der Waals surface area contributed by atoms with Gasteiger partial charge in [-0.3, -0.25) is 0 Å². The molecule has 1 aromatic heterocycles. The lowest BCUT2D eigenvalue weighted by molar-refractivity contribution is -0.137. The van der Waals surface area contributed by atoms with Gasteiger partial charge in [-0.15, -0.1) is 0 Å². The van der Waals surface area contributed by atoms with E-state index in [0.29, 0.717) is 16.2 Å². The van der Waals surface area contributed by atoms with Gasteiger partial charge in [-0.05, 0) is 42.8 Å². The number of hydrogen-bond acceptors (Lipinski definition) is 4. The Bertz CT molecular complexity index is 943. The topological polar surface area (TPSA) is 35.5 Å². The van der Waals surface area contributed by atoms with E-state index in [-0.39, 0.29) is 6.61 Å². The van der Waals surface area contributed by atoms with E-state index in [1.165, 1.54) is 30.6 Å². The van der Waals surface area contributed by atoms with Gasteiger partial charge in [0.15, 0.2) is 5.06 Å². The van der Waals surface area contributed by atoms with E-state index >= 15 is 0 Å². The van der Waals surface area contributed by atoms with E-state index < -0.39 is 17.7 Å². The molecule has 0 fully saturated rings. The molecule has 1 heterocycles. The summed E-state index contributed by atoms with van der Waals surface area (Å²) in [6.45, 7) is 2.04. The SMILES string of the molecule is COC(=O)c1ccc2sc(OCc3ccc(C(F)(F)F)cc3)c(C)c2c1. The van der Waals surface area contributed by atoms with Crippen molar-refractivity contribution in [1.82, 2.24) is 0 Å². The van der Waals surface area contributed by atoms with Gasteiger partial charge in [0, 0.05) is 15.6 Å². The van der Waals surface area contributed by atoms with Crippen LogP contribution in [0.5, 0.6) is 5.06 Å². The number of benzene rings is 2. The summed E-state index contributed by atoms with van der Waals surface area (Å²) < 4.78 is 49.2. The molecule has 7 heteroatoms. The molecule has 136 valence electrons. The third-order valence-corrected chi connectivity index (χ3v) is 5.15. The van der Waals surface area contributed by atoms with Crippen LogP contribution < -0.4 is 4.74 Å². The van der Waals surface area contributed by atoms with E-state index in [0.717, 1.165) is 27.8 Å². The summed E-state index contributed by atoms with van der Waals surface area (Å²) in [6, 6.07) is 10.1. The molecular formula is C19H15F3O3S. The average molecular weight is 380 g/mol. The Hall–Kier alpha value is -2.54. The smallest absolute Gasteiger partial charge is 0.416 e. The zero-order valence-electron chi connectivity index (χ0n) is 14.0. The highest BCUT2D eigenvalue weighted by molar-refractivity contribution is 7.21. The van der Waals surface area contributed by atoms with Crippen molar-refractivity contribution in [3.05, 3.63) is 64.7 Å². The molecule has 0 saturated heterocycles. The number of aryl methyl sites for hydroxylation is 1. The minimum Gasteiger partial charge on any atom is -0.479 e. The lowest BCUT2D eigenvalue weighted by Gasteiger charge is -2.08. The fourth-order valence-corrected chi connectivity index (χ4v) is 3.56. The molecule has 0 radical (unpaired) electrons. The van der Waals surface area contributed by atoms with Gasteiger partial charge in [0.2, 0.25) is 0 Å². The van der Waals surface area contributed by atoms with Gasteiger partial charge < -0.3 is 9.47 Å². The molecule has 0 aliphatic carbocycles. The van der Waals surface area contributed by atoms with Crippen molar-refractivity contribution in [2.24, 2.45) is 0 Å². The lowest BCUT2D eigenvalue weighted by atomic mass is 10.1. The van der Waals surface area contributed by atoms with Crippen molar-refractivity contribution >= 4 is 27.4 Å². The summed E-state index contributed by atoms with van der Waals surface area (Å²) in [5.74, 6) is -0.412. The van der Waals surface area contributed by atoms with Crippen molar-refractivity contribution in [2.45, 2.75) is 19.7 Å². The first-order valence-electron chi connectivity index (χ1n) is 7.70. The maximum atomic E-state index is 12.6. The zero-order valence-corrected chi connectivity index (χ0v) is 14.8. The Labute approximate surface area is 152 Å². The summed E-state index contributed by atoms with van der Waals surface area (Å²) in [4.78, 5) is 11.7. The van der Waals surface area contributed by atoms with Crippen molar-refractivity contribution in [3.8, 4) is 5.06 Å². The molecule has 0 aliphatic heterocycles. The predicted octanol–water partition coefficient (Wildman–Crippen LogP) is 5.59. The van der Waals surface area contributed by atoms with Gasteiger partial charge in [-0.1, -0.05) is 23.5 Å². The van der Waals surface area contributed by atoms with Crippen molar-refractivity contribution in [3.63, 3.8) is 0 Å². The number of fused-ring (bicyclic) bond motifs is 1. The summed E-state index contributed by atoms with van der Waals surface area (Å²) in [5.41, 5.74) is 1.29. The van der Waals surface area contributed by atoms with E-state index in [9.17, 15) is 18.0 Å². The Balaban J connectivity index is 1.79. The highest BCUT2D eigenvalue weighted by atomic mass is 32.1. The maximum absolute atomic E-state index is 12.6. The third-order valence-electron chi connectivity index (χ3n) is 3.96. The lowest BCUT2D eigenvalue weighted by Crippen LogP contribution is -2.05. The molecule has 3 rings (SSSR count). The molecule has 0 unspecified atom stereocenters. The molecule has 3 nitrogen and oxygen atoms in total. The minimum absolute atomic E-state index is 0.162. The molecule has 3 aromatic rings. The Morgan fingerprint density at radius 1 is 1.12 bits per heavy atom. The van der Waals surface area contributed by atoms with E-state index in [2.05, 4.69) is 0 Å². The highest BCUT2D eigenvalue weighted by Crippen LogP contribution is 2.38. The highest BCUT2D eigenvalue weighted by Gasteiger charge is 2.29. The second-order valence-corrected chi connectivity index (χ2v) is 6.72. The second kappa shape index (κ2) is 6.99. The number of ether oxygens (including phenoxy) is 2. The van der Waals surface area contributed by atoms with Crippen molar-refractivity contribution in [1.29, 1.82) is 0 Å². The van der Waals surface area contributed by atoms with Crippen molar-refractivity contribution < 1.29 is 27.4 Å². The van der Waals surface area contributed by atoms with Crippen LogP contribution in [0.15, 0.2) is 42.5 Å². The fraction of sp³-hybridized carbons (Fsp3) is 0.211. The van der Waals surface area contributed by atoms with E-state index in [1.807, 2.05) is 13.0 Å². The van der Waals surface area contributed by atoms with Gasteiger partial charge in [0.25, 0.3) is 0 Å². The number of methoxy groups -OCH3 is 1. The van der Waals surface area contributed by atoms with Crippen LogP contribution in [0.2, 0.25) is 0 Å². The van der Waals surface area contributed by atoms with E-state index in [1.54, 1.807) is 12.1 Å². The summed E-state index contributed by atoms with van der Waals surface area (Å²) in [7, 11) is 1.33. The monoisotopic (exact) mass is 380 g/mol. The molecule has 0 bridgehead atoms. The predicted molar refractivity (Wildman–Crippen MR) is 93.7 cm³/mol. The Morgan fingerprint density at radius 2 is 1.81 bits per heavy atom. The first-order chi connectivity index (χ1) is 12.3. The molecule has 0 N–H and O–H groups in total. The molecule has 0 spiro atoms. The number of alkyl halides is 3. The Morgan fingerprint density at radius 3 is 2.42 bits per heavy atom. The molecule has 2 aromatic carbocycles. The zero-order chi connectivity index (χ0) is 18.9. The number of rotatable bonds is 4. The van der Waals surface area contributed by atoms with Crippen LogP contribution in [-0.2, 0) is 17.5 Å². The molecule has 0 saturated carbocycles. The number of thiophene rings is 1. The summed E-state index contributed by atoms with van der Waals surface area (Å²) in [5, 5.41) is 1.56. The van der Waals surface area contributed by atoms with Crippen LogP contribution in [0.4, 0.5) is 13.2 Å². The van der Waals surface area contributed by atoms with E-state index in [4.69, 9.17) is 9.47 Å². The normalized spacial score (nSPS) is 11.6. The van der Waals surface area contributed by atoms with Crippen LogP contribution in [0, 0.1) is 6.92 Å². The van der Waals surface area contributed by atoms with Crippen LogP contribution >= 0.6 is 11.3 Å². The van der Waals surface area contributed by atoms with Crippen LogP contribution in [0.3, 0.4) is 0 Å². The molecular weight excluding hydrogens is 365 g/mol. The van der Waals surface area contributed by atoms with Crippen LogP contribution in [-0.4, -0.2) is 13.1 Å². The van der Waals surface area contributed by atoms with Gasteiger partial charge in [0.1, 0.15) is 6.61 Å². The number of halogens is 3. The second-order valence-electron chi connectivity index (χ2n) is 5.70. The average Bonchev–Trinajstić information content (AvgIpc) is 2.94. The molecule has 26 heavy (non-hydrogen) atoms. The van der Waals surface area contributed by atoms with Crippen LogP contribution in [0.1, 0.15) is 27.0 Å². The first kappa shape index (κ1) is 18.3. The fourth-order valence-electron chi connectivity index (χ4n) is 2.52. The maximum Gasteiger partial charge on any atom is 0.416 e. The standard InChI is InChI=1S/C19H15F3O3S/c1-11-15-9-13(17(23)24-2)5-8-16(15)26-18(11)25-10-12-3-6-14(7-4-12)19(20,21)22/h3-9H,10H2,1-2H3. The summed E-state index contributed by atoms with van der Waals surface area (Å²) >= 11 is 1.42. The largest absolute Gasteiger partial charge is 0.479 e. The number of carbonyl (C=O) groups is 1. The van der Waals surface area contributed by atoms with Gasteiger partial charge in [-0.2, -0.15) is 13.2 Å². The minimum atomic E-state index is -4.35. The van der Waals surface area contributed by atoms with Crippen molar-refractivity contribution in [2.75, 3.05) is 7.11 Å². The first-order valence-corrected chi connectivity index (χ1v) is 8.51. The molecule has 0 amide bonds. The summed E-state index contributed by atoms with van der Waals surface area (Å²) in [6.07, 6.45) is -4.35. The number of esters is 1. The Kier molecular flexibility index (Phi) is 4.91. The molecule has 0 atom stereocenters. The van der Waals surface area contributed by atoms with Crippen LogP contribution in [0.25, 0.3) is 10.1 Å². The quantitative estimate of drug-likeness (QED) is 0.553. The van der Waals surface area contributed by atoms with Gasteiger partial charge >= 0.3 is 12.1 Å².